The van der Waals surface area contributed by atoms with Gasteiger partial charge in [0, 0.05) is 19.7 Å². The first-order valence-electron chi connectivity index (χ1n) is 4.83. The molecule has 2 heterocycles. The van der Waals surface area contributed by atoms with Crippen molar-refractivity contribution in [1.82, 2.24) is 9.78 Å². The molecule has 0 saturated heterocycles. The van der Waals surface area contributed by atoms with Crippen molar-refractivity contribution in [2.75, 3.05) is 0 Å². The molecule has 4 heteroatoms. The Balaban J connectivity index is 2.41. The van der Waals surface area contributed by atoms with Crippen LogP contribution in [0.1, 0.15) is 28.7 Å². The topological polar surface area (TPSA) is 48.0 Å². The summed E-state index contributed by atoms with van der Waals surface area (Å²) >= 11 is 0. The molecule has 0 atom stereocenters. The highest BCUT2D eigenvalue weighted by atomic mass is 16.3. The van der Waals surface area contributed by atoms with Gasteiger partial charge in [0.15, 0.2) is 0 Å². The molecule has 0 aliphatic heterocycles. The fraction of sp³-hybridized carbons (Fsp3) is 0.273. The lowest BCUT2D eigenvalue weighted by Crippen LogP contribution is -2.08. The molecule has 4 nitrogen and oxygen atoms in total. The van der Waals surface area contributed by atoms with Gasteiger partial charge in [0.25, 0.3) is 0 Å². The van der Waals surface area contributed by atoms with E-state index >= 15 is 0 Å². The van der Waals surface area contributed by atoms with E-state index < -0.39 is 0 Å². The van der Waals surface area contributed by atoms with Gasteiger partial charge in [-0.25, -0.2) is 0 Å². The van der Waals surface area contributed by atoms with Crippen LogP contribution < -0.4 is 0 Å². The number of furan rings is 1. The number of aryl methyl sites for hydroxylation is 2. The smallest absolute Gasteiger partial charge is 0.214 e. The number of carbonyl (C=O) groups is 1. The summed E-state index contributed by atoms with van der Waals surface area (Å²) in [6.07, 6.45) is 3.87. The Morgan fingerprint density at radius 2 is 2.33 bits per heavy atom. The van der Waals surface area contributed by atoms with Gasteiger partial charge in [-0.2, -0.15) is 5.10 Å². The van der Waals surface area contributed by atoms with Gasteiger partial charge in [-0.05, 0) is 12.1 Å². The van der Waals surface area contributed by atoms with Crippen LogP contribution >= 0.6 is 0 Å². The van der Waals surface area contributed by atoms with Crippen molar-refractivity contribution in [2.45, 2.75) is 13.3 Å². The normalized spacial score (nSPS) is 10.5. The molecule has 0 saturated carbocycles. The number of rotatable bonds is 3. The molecule has 0 aromatic carbocycles. The predicted molar refractivity (Wildman–Crippen MR) is 54.7 cm³/mol. The molecule has 2 aromatic rings. The van der Waals surface area contributed by atoms with Gasteiger partial charge in [-0.1, -0.05) is 6.92 Å². The lowest BCUT2D eigenvalue weighted by molar-refractivity contribution is 0.102. The number of nitrogens with zero attached hydrogens (tertiary/aromatic N) is 2. The molecule has 0 radical (unpaired) electrons. The molecule has 0 amide bonds. The average Bonchev–Trinajstić information content (AvgIpc) is 2.84. The first kappa shape index (κ1) is 9.71. The second-order valence-corrected chi connectivity index (χ2v) is 3.28. The molecule has 0 aliphatic carbocycles. The van der Waals surface area contributed by atoms with Crippen LogP contribution in [-0.2, 0) is 13.5 Å². The second kappa shape index (κ2) is 3.73. The third-order valence-electron chi connectivity index (χ3n) is 2.36. The summed E-state index contributed by atoms with van der Waals surface area (Å²) in [6.45, 7) is 1.96. The van der Waals surface area contributed by atoms with Crippen LogP contribution in [0.2, 0.25) is 0 Å². The Hall–Kier alpha value is -1.84. The fourth-order valence-corrected chi connectivity index (χ4v) is 1.55. The Morgan fingerprint density at radius 3 is 2.93 bits per heavy atom. The summed E-state index contributed by atoms with van der Waals surface area (Å²) in [6, 6.07) is 3.41. The van der Waals surface area contributed by atoms with Crippen LogP contribution in [0.5, 0.6) is 0 Å². The van der Waals surface area contributed by atoms with Gasteiger partial charge >= 0.3 is 0 Å². The largest absolute Gasteiger partial charge is 0.469 e. The molecular formula is C11H12N2O2. The minimum absolute atomic E-state index is 0.0411. The zero-order chi connectivity index (χ0) is 10.8. The second-order valence-electron chi connectivity index (χ2n) is 3.28. The van der Waals surface area contributed by atoms with Crippen molar-refractivity contribution in [1.29, 1.82) is 0 Å². The third kappa shape index (κ3) is 1.58. The molecular weight excluding hydrogens is 192 g/mol. The predicted octanol–water partition coefficient (Wildman–Crippen LogP) is 1.81. The number of carbonyl (C=O) groups excluding carboxylic acids is 1. The van der Waals surface area contributed by atoms with Gasteiger partial charge in [0.1, 0.15) is 11.5 Å². The Morgan fingerprint density at radius 1 is 1.53 bits per heavy atom. The summed E-state index contributed by atoms with van der Waals surface area (Å²) in [5, 5.41) is 3.97. The van der Waals surface area contributed by atoms with E-state index in [4.69, 9.17) is 4.42 Å². The van der Waals surface area contributed by atoms with Crippen molar-refractivity contribution < 1.29 is 9.21 Å². The Labute approximate surface area is 87.5 Å². The lowest BCUT2D eigenvalue weighted by atomic mass is 10.1. The van der Waals surface area contributed by atoms with E-state index in [0.29, 0.717) is 17.7 Å². The molecule has 15 heavy (non-hydrogen) atoms. The molecule has 0 aliphatic rings. The van der Waals surface area contributed by atoms with Crippen LogP contribution in [-0.4, -0.2) is 15.6 Å². The Bertz CT molecular complexity index is 482. The summed E-state index contributed by atoms with van der Waals surface area (Å²) in [7, 11) is 1.75. The number of ketones is 1. The fourth-order valence-electron chi connectivity index (χ4n) is 1.55. The van der Waals surface area contributed by atoms with Crippen LogP contribution in [0.25, 0.3) is 0 Å². The maximum Gasteiger partial charge on any atom is 0.214 e. The molecule has 0 spiro atoms. The van der Waals surface area contributed by atoms with Crippen LogP contribution in [0, 0.1) is 0 Å². The first-order valence-corrected chi connectivity index (χ1v) is 4.83. The zero-order valence-electron chi connectivity index (χ0n) is 8.73. The van der Waals surface area contributed by atoms with Crippen LogP contribution in [0.3, 0.4) is 0 Å². The molecule has 0 fully saturated rings. The number of aromatic nitrogens is 2. The molecule has 0 bridgehead atoms. The summed E-state index contributed by atoms with van der Waals surface area (Å²) < 4.78 is 6.79. The lowest BCUT2D eigenvalue weighted by Gasteiger charge is -2.00. The monoisotopic (exact) mass is 204 g/mol. The van der Waals surface area contributed by atoms with Crippen molar-refractivity contribution in [3.63, 3.8) is 0 Å². The maximum atomic E-state index is 12.0. The van der Waals surface area contributed by atoms with E-state index in [1.807, 2.05) is 6.92 Å². The highest BCUT2D eigenvalue weighted by Gasteiger charge is 2.17. The summed E-state index contributed by atoms with van der Waals surface area (Å²) in [4.78, 5) is 12.0. The van der Waals surface area contributed by atoms with Crippen LogP contribution in [0.15, 0.2) is 29.0 Å². The zero-order valence-corrected chi connectivity index (χ0v) is 8.73. The van der Waals surface area contributed by atoms with Crippen molar-refractivity contribution >= 4 is 5.78 Å². The van der Waals surface area contributed by atoms with E-state index in [1.165, 1.54) is 0 Å². The van der Waals surface area contributed by atoms with Crippen molar-refractivity contribution in [3.8, 4) is 0 Å². The molecule has 2 rings (SSSR count). The SMILES string of the molecule is CCc1occc1C(=O)c1ccnn1C. The molecule has 0 unspecified atom stereocenters. The van der Waals surface area contributed by atoms with Gasteiger partial charge in [0.2, 0.25) is 5.78 Å². The minimum Gasteiger partial charge on any atom is -0.469 e. The molecule has 0 N–H and O–H groups in total. The minimum atomic E-state index is -0.0411. The number of hydrogen-bond acceptors (Lipinski definition) is 3. The Kier molecular flexibility index (Phi) is 2.41. The van der Waals surface area contributed by atoms with Crippen molar-refractivity contribution in [2.24, 2.45) is 7.05 Å². The van der Waals surface area contributed by atoms with E-state index in [-0.39, 0.29) is 5.78 Å². The maximum absolute atomic E-state index is 12.0. The van der Waals surface area contributed by atoms with E-state index in [9.17, 15) is 4.79 Å². The van der Waals surface area contributed by atoms with Gasteiger partial charge < -0.3 is 4.42 Å². The standard InChI is InChI=1S/C11H12N2O2/c1-3-10-8(5-7-15-10)11(14)9-4-6-12-13(9)2/h4-7H,3H2,1-2H3. The average molecular weight is 204 g/mol. The highest BCUT2D eigenvalue weighted by molar-refractivity contribution is 6.08. The quantitative estimate of drug-likeness (QED) is 0.716. The van der Waals surface area contributed by atoms with Gasteiger partial charge in [-0.15, -0.1) is 0 Å². The third-order valence-corrected chi connectivity index (χ3v) is 2.36. The van der Waals surface area contributed by atoms with E-state index in [1.54, 1.807) is 36.3 Å². The molecule has 78 valence electrons. The van der Waals surface area contributed by atoms with Crippen LogP contribution in [0.4, 0.5) is 0 Å². The summed E-state index contributed by atoms with van der Waals surface area (Å²) in [5.74, 6) is 0.682. The van der Waals surface area contributed by atoms with E-state index in [2.05, 4.69) is 5.10 Å². The summed E-state index contributed by atoms with van der Waals surface area (Å²) in [5.41, 5.74) is 1.20. The van der Waals surface area contributed by atoms with E-state index in [0.717, 1.165) is 5.76 Å². The first-order chi connectivity index (χ1) is 7.24. The number of hydrogen-bond donors (Lipinski definition) is 0. The molecule has 2 aromatic heterocycles. The van der Waals surface area contributed by atoms with Crippen molar-refractivity contribution in [3.05, 3.63) is 41.6 Å². The van der Waals surface area contributed by atoms with Gasteiger partial charge in [-0.3, -0.25) is 9.48 Å². The van der Waals surface area contributed by atoms with Gasteiger partial charge in [0.05, 0.1) is 11.8 Å². The highest BCUT2D eigenvalue weighted by Crippen LogP contribution is 2.15.